The normalized spacial score (nSPS) is 20.3. The second-order valence-electron chi connectivity index (χ2n) is 11.8. The lowest BCUT2D eigenvalue weighted by Gasteiger charge is -2.34. The van der Waals surface area contributed by atoms with Crippen molar-refractivity contribution in [1.29, 1.82) is 0 Å². The summed E-state index contributed by atoms with van der Waals surface area (Å²) in [7, 11) is 0. The van der Waals surface area contributed by atoms with Crippen LogP contribution in [0.1, 0.15) is 79.6 Å². The van der Waals surface area contributed by atoms with E-state index in [9.17, 15) is 27.9 Å². The van der Waals surface area contributed by atoms with Crippen molar-refractivity contribution in [2.75, 3.05) is 13.1 Å². The number of carbonyl (C=O) groups is 2. The van der Waals surface area contributed by atoms with E-state index in [1.165, 1.54) is 0 Å². The Kier molecular flexibility index (Phi) is 7.72. The van der Waals surface area contributed by atoms with E-state index in [2.05, 4.69) is 0 Å². The van der Waals surface area contributed by atoms with Gasteiger partial charge in [-0.2, -0.15) is 18.3 Å². The van der Waals surface area contributed by atoms with Gasteiger partial charge in [0, 0.05) is 24.6 Å². The standard InChI is InChI=1S/C31H34F3N3O4/c1-30(2,3)41-29(40)36-16-14-19(15-17-36)26-24-22(18-23(38)28(39)25(24)31(32,33)34)37(35-26)27(20-10-6-4-7-11-20)21-12-8-5-9-13-21/h4-13,19,25,27-28,39H,14-18H2,1-3H3/t25-,28+/m0/s1. The summed E-state index contributed by atoms with van der Waals surface area (Å²) in [5.41, 5.74) is 1.23. The van der Waals surface area contributed by atoms with Gasteiger partial charge < -0.3 is 14.7 Å². The van der Waals surface area contributed by atoms with Crippen LogP contribution in [-0.4, -0.2) is 62.6 Å². The first-order chi connectivity index (χ1) is 19.3. The number of aliphatic hydroxyl groups is 1. The van der Waals surface area contributed by atoms with Gasteiger partial charge in [0.25, 0.3) is 0 Å². The smallest absolute Gasteiger partial charge is 0.410 e. The van der Waals surface area contributed by atoms with Crippen LogP contribution < -0.4 is 0 Å². The van der Waals surface area contributed by atoms with Gasteiger partial charge in [0.05, 0.1) is 17.8 Å². The molecule has 0 radical (unpaired) electrons. The van der Waals surface area contributed by atoms with E-state index in [1.54, 1.807) is 30.4 Å². The zero-order valence-corrected chi connectivity index (χ0v) is 23.3. The zero-order chi connectivity index (χ0) is 29.5. The third kappa shape index (κ3) is 5.88. The SMILES string of the molecule is CC(C)(C)OC(=O)N1CCC(c2nn(C(c3ccccc3)c3ccccc3)c3c2[C@H](C(F)(F)F)[C@H](O)C(=O)C3)CC1. The molecule has 41 heavy (non-hydrogen) atoms. The number of Topliss-reactive ketones (excluding diaryl/α,β-unsaturated/α-hetero) is 1. The third-order valence-electron chi connectivity index (χ3n) is 7.74. The molecule has 2 aromatic carbocycles. The molecular formula is C31H34F3N3O4. The van der Waals surface area contributed by atoms with Crippen LogP contribution in [0.4, 0.5) is 18.0 Å². The molecule has 0 spiro atoms. The number of likely N-dealkylation sites (tertiary alicyclic amines) is 1. The number of piperidine rings is 1. The molecule has 1 N–H and O–H groups in total. The monoisotopic (exact) mass is 569 g/mol. The van der Waals surface area contributed by atoms with Gasteiger partial charge in [0.2, 0.25) is 0 Å². The predicted octanol–water partition coefficient (Wildman–Crippen LogP) is 5.77. The van der Waals surface area contributed by atoms with Crippen LogP contribution in [0.15, 0.2) is 60.7 Å². The molecule has 7 nitrogen and oxygen atoms in total. The molecule has 1 aliphatic carbocycles. The molecule has 1 saturated heterocycles. The molecule has 5 rings (SSSR count). The van der Waals surface area contributed by atoms with E-state index < -0.39 is 47.6 Å². The summed E-state index contributed by atoms with van der Waals surface area (Å²) in [5, 5.41) is 15.4. The highest BCUT2D eigenvalue weighted by Crippen LogP contribution is 2.48. The maximum Gasteiger partial charge on any atom is 0.410 e. The molecule has 1 amide bonds. The van der Waals surface area contributed by atoms with Crippen molar-refractivity contribution < 1.29 is 32.6 Å². The lowest BCUT2D eigenvalue weighted by Crippen LogP contribution is -2.43. The number of hydrogen-bond donors (Lipinski definition) is 1. The van der Waals surface area contributed by atoms with Gasteiger partial charge in [-0.15, -0.1) is 0 Å². The van der Waals surface area contributed by atoms with Crippen molar-refractivity contribution in [2.45, 2.75) is 75.8 Å². The van der Waals surface area contributed by atoms with Crippen molar-refractivity contribution in [3.05, 3.63) is 88.7 Å². The highest BCUT2D eigenvalue weighted by atomic mass is 19.4. The van der Waals surface area contributed by atoms with Gasteiger partial charge in [0.1, 0.15) is 23.7 Å². The quantitative estimate of drug-likeness (QED) is 0.432. The molecule has 2 aliphatic rings. The van der Waals surface area contributed by atoms with Crippen molar-refractivity contribution in [3.8, 4) is 0 Å². The van der Waals surface area contributed by atoms with Gasteiger partial charge in [-0.1, -0.05) is 60.7 Å². The summed E-state index contributed by atoms with van der Waals surface area (Å²) < 4.78 is 50.7. The number of fused-ring (bicyclic) bond motifs is 1. The highest BCUT2D eigenvalue weighted by molar-refractivity contribution is 5.88. The summed E-state index contributed by atoms with van der Waals surface area (Å²) in [6.45, 7) is 5.91. The Morgan fingerprint density at radius 2 is 1.51 bits per heavy atom. The number of aromatic nitrogens is 2. The number of alkyl halides is 3. The lowest BCUT2D eigenvalue weighted by atomic mass is 9.78. The average Bonchev–Trinajstić information content (AvgIpc) is 3.27. The molecule has 0 unspecified atom stereocenters. The minimum Gasteiger partial charge on any atom is -0.444 e. The topological polar surface area (TPSA) is 84.7 Å². The van der Waals surface area contributed by atoms with E-state index in [1.807, 2.05) is 60.7 Å². The molecule has 1 aromatic heterocycles. The second kappa shape index (κ2) is 11.0. The van der Waals surface area contributed by atoms with E-state index >= 15 is 0 Å². The number of carbonyl (C=O) groups excluding carboxylic acids is 2. The molecule has 1 fully saturated rings. The number of amides is 1. The Morgan fingerprint density at radius 1 is 0.976 bits per heavy atom. The van der Waals surface area contributed by atoms with E-state index in [4.69, 9.17) is 9.84 Å². The van der Waals surface area contributed by atoms with Crippen molar-refractivity contribution in [1.82, 2.24) is 14.7 Å². The Morgan fingerprint density at radius 3 is 2.00 bits per heavy atom. The minimum absolute atomic E-state index is 0.114. The first-order valence-corrected chi connectivity index (χ1v) is 13.8. The Bertz CT molecular complexity index is 1350. The number of benzene rings is 2. The fourth-order valence-corrected chi connectivity index (χ4v) is 5.90. The van der Waals surface area contributed by atoms with Crippen LogP contribution in [0.25, 0.3) is 0 Å². The molecular weight excluding hydrogens is 535 g/mol. The third-order valence-corrected chi connectivity index (χ3v) is 7.74. The van der Waals surface area contributed by atoms with Crippen LogP contribution in [0.2, 0.25) is 0 Å². The molecule has 10 heteroatoms. The Balaban J connectivity index is 1.62. The van der Waals surface area contributed by atoms with Crippen molar-refractivity contribution in [2.24, 2.45) is 0 Å². The maximum atomic E-state index is 14.6. The summed E-state index contributed by atoms with van der Waals surface area (Å²) >= 11 is 0. The zero-order valence-electron chi connectivity index (χ0n) is 23.3. The number of rotatable bonds is 4. The minimum atomic E-state index is -4.86. The van der Waals surface area contributed by atoms with E-state index in [-0.39, 0.29) is 23.4 Å². The van der Waals surface area contributed by atoms with Gasteiger partial charge in [-0.05, 0) is 44.7 Å². The predicted molar refractivity (Wildman–Crippen MR) is 146 cm³/mol. The summed E-state index contributed by atoms with van der Waals surface area (Å²) in [5.74, 6) is -3.66. The molecule has 1 aliphatic heterocycles. The molecule has 0 saturated carbocycles. The van der Waals surface area contributed by atoms with Crippen molar-refractivity contribution >= 4 is 11.9 Å². The molecule has 2 atom stereocenters. The number of halogens is 3. The fraction of sp³-hybridized carbons (Fsp3) is 0.452. The van der Waals surface area contributed by atoms with Crippen LogP contribution in [0, 0.1) is 0 Å². The molecule has 3 aromatic rings. The van der Waals surface area contributed by atoms with E-state index in [0.717, 1.165) is 11.1 Å². The fourth-order valence-electron chi connectivity index (χ4n) is 5.90. The van der Waals surface area contributed by atoms with Crippen LogP contribution in [0.3, 0.4) is 0 Å². The first kappa shape index (κ1) is 28.9. The summed E-state index contributed by atoms with van der Waals surface area (Å²) in [4.78, 5) is 27.0. The molecule has 2 heterocycles. The molecule has 218 valence electrons. The molecule has 0 bridgehead atoms. The Hall–Kier alpha value is -3.66. The van der Waals surface area contributed by atoms with Gasteiger partial charge >= 0.3 is 12.3 Å². The largest absolute Gasteiger partial charge is 0.444 e. The number of ketones is 1. The maximum absolute atomic E-state index is 14.6. The number of nitrogens with zero attached hydrogens (tertiary/aromatic N) is 3. The highest BCUT2D eigenvalue weighted by Gasteiger charge is 2.54. The summed E-state index contributed by atoms with van der Waals surface area (Å²) in [6, 6.07) is 18.0. The second-order valence-corrected chi connectivity index (χ2v) is 11.8. The van der Waals surface area contributed by atoms with E-state index in [0.29, 0.717) is 25.9 Å². The van der Waals surface area contributed by atoms with Crippen LogP contribution >= 0.6 is 0 Å². The van der Waals surface area contributed by atoms with Gasteiger partial charge in [0.15, 0.2) is 5.78 Å². The number of aliphatic hydroxyl groups excluding tert-OH is 1. The van der Waals surface area contributed by atoms with Gasteiger partial charge in [-0.3, -0.25) is 9.48 Å². The Labute approximate surface area is 236 Å². The number of hydrogen-bond acceptors (Lipinski definition) is 5. The van der Waals surface area contributed by atoms with Gasteiger partial charge in [-0.25, -0.2) is 4.79 Å². The first-order valence-electron chi connectivity index (χ1n) is 13.8. The van der Waals surface area contributed by atoms with Crippen molar-refractivity contribution in [3.63, 3.8) is 0 Å². The average molecular weight is 570 g/mol. The lowest BCUT2D eigenvalue weighted by molar-refractivity contribution is -0.179. The van der Waals surface area contributed by atoms with Crippen LogP contribution in [-0.2, 0) is 16.0 Å². The van der Waals surface area contributed by atoms with Crippen LogP contribution in [0.5, 0.6) is 0 Å². The number of ether oxygens (including phenoxy) is 1. The summed E-state index contributed by atoms with van der Waals surface area (Å²) in [6.07, 6.45) is -7.14.